The van der Waals surface area contributed by atoms with Crippen molar-refractivity contribution in [1.29, 1.82) is 0 Å². The lowest BCUT2D eigenvalue weighted by atomic mass is 10.1. The van der Waals surface area contributed by atoms with E-state index in [4.69, 9.17) is 0 Å². The van der Waals surface area contributed by atoms with Gasteiger partial charge in [0.25, 0.3) is 0 Å². The molecule has 1 aromatic carbocycles. The van der Waals surface area contributed by atoms with E-state index in [1.807, 2.05) is 0 Å². The smallest absolute Gasteiger partial charge is 0.191 e. The van der Waals surface area contributed by atoms with Gasteiger partial charge in [0.2, 0.25) is 0 Å². The third-order valence-corrected chi connectivity index (χ3v) is 3.58. The Bertz CT molecular complexity index is 460. The van der Waals surface area contributed by atoms with E-state index in [1.54, 1.807) is 0 Å². The van der Waals surface area contributed by atoms with E-state index in [2.05, 4.69) is 73.5 Å². The average molecular weight is 418 g/mol. The summed E-state index contributed by atoms with van der Waals surface area (Å²) in [5.74, 6) is 0.891. The summed E-state index contributed by atoms with van der Waals surface area (Å²) < 4.78 is 0. The van der Waals surface area contributed by atoms with Crippen LogP contribution in [0, 0.1) is 13.8 Å². The summed E-state index contributed by atoms with van der Waals surface area (Å²) in [5.41, 5.74) is 3.89. The number of nitrogens with one attached hydrogen (secondary N) is 2. The molecular weight excluding hydrogens is 387 g/mol. The molecule has 0 amide bonds. The van der Waals surface area contributed by atoms with Gasteiger partial charge in [-0.05, 0) is 45.5 Å². The first kappa shape index (κ1) is 21.2. The summed E-state index contributed by atoms with van der Waals surface area (Å²) in [5, 5.41) is 6.68. The van der Waals surface area contributed by atoms with Crippen molar-refractivity contribution in [3.05, 3.63) is 34.9 Å². The molecule has 0 atom stereocenters. The summed E-state index contributed by atoms with van der Waals surface area (Å²) >= 11 is 0. The Kier molecular flexibility index (Phi) is 11.3. The van der Waals surface area contributed by atoms with Gasteiger partial charge in [-0.3, -0.25) is 0 Å². The van der Waals surface area contributed by atoms with Crippen molar-refractivity contribution in [3.8, 4) is 0 Å². The molecule has 0 spiro atoms. The molecule has 0 aliphatic rings. The van der Waals surface area contributed by atoms with Gasteiger partial charge in [-0.1, -0.05) is 30.7 Å². The second-order valence-corrected chi connectivity index (χ2v) is 5.45. The first-order chi connectivity index (χ1) is 10.1. The van der Waals surface area contributed by atoms with Gasteiger partial charge < -0.3 is 15.5 Å². The van der Waals surface area contributed by atoms with Crippen molar-refractivity contribution < 1.29 is 0 Å². The summed E-state index contributed by atoms with van der Waals surface area (Å²) in [7, 11) is 2.13. The number of benzene rings is 1. The number of hydrogen-bond donors (Lipinski definition) is 2. The second kappa shape index (κ2) is 11.7. The zero-order valence-corrected chi connectivity index (χ0v) is 16.9. The minimum absolute atomic E-state index is 0. The van der Waals surface area contributed by atoms with Gasteiger partial charge in [-0.2, -0.15) is 0 Å². The van der Waals surface area contributed by atoms with Gasteiger partial charge in [-0.15, -0.1) is 24.0 Å². The quantitative estimate of drug-likeness (QED) is 0.407. The number of aliphatic imine (C=N–C) groups is 1. The maximum absolute atomic E-state index is 4.67. The van der Waals surface area contributed by atoms with Crippen molar-refractivity contribution in [2.45, 2.75) is 34.2 Å². The number of likely N-dealkylation sites (N-methyl/N-ethyl adjacent to an activating group) is 1. The molecule has 0 aliphatic heterocycles. The number of hydrogen-bond acceptors (Lipinski definition) is 2. The average Bonchev–Trinajstić information content (AvgIpc) is 2.45. The molecule has 1 aromatic rings. The molecule has 0 heterocycles. The Morgan fingerprint density at radius 3 is 2.50 bits per heavy atom. The second-order valence-electron chi connectivity index (χ2n) is 5.45. The third-order valence-electron chi connectivity index (χ3n) is 3.58. The molecule has 0 radical (unpaired) electrons. The SMILES string of the molecule is CCNC(=NCc1ccc(C)cc1C)NCCN(C)CC.I. The van der Waals surface area contributed by atoms with Crippen LogP contribution in [0.4, 0.5) is 0 Å². The van der Waals surface area contributed by atoms with Crippen LogP contribution in [0.5, 0.6) is 0 Å². The highest BCUT2D eigenvalue weighted by Gasteiger charge is 2.01. The molecule has 0 fully saturated rings. The van der Waals surface area contributed by atoms with E-state index in [9.17, 15) is 0 Å². The Morgan fingerprint density at radius 2 is 1.91 bits per heavy atom. The summed E-state index contributed by atoms with van der Waals surface area (Å²) in [6.07, 6.45) is 0. The lowest BCUT2D eigenvalue weighted by molar-refractivity contribution is 0.357. The molecular formula is C17H31IN4. The minimum Gasteiger partial charge on any atom is -0.357 e. The first-order valence-electron chi connectivity index (χ1n) is 7.83. The van der Waals surface area contributed by atoms with Crippen molar-refractivity contribution in [2.24, 2.45) is 4.99 Å². The molecule has 5 heteroatoms. The van der Waals surface area contributed by atoms with E-state index in [-0.39, 0.29) is 24.0 Å². The van der Waals surface area contributed by atoms with E-state index < -0.39 is 0 Å². The lowest BCUT2D eigenvalue weighted by Gasteiger charge is -2.16. The van der Waals surface area contributed by atoms with E-state index in [0.717, 1.165) is 32.1 Å². The van der Waals surface area contributed by atoms with Crippen LogP contribution in [0.1, 0.15) is 30.5 Å². The molecule has 22 heavy (non-hydrogen) atoms. The Labute approximate surface area is 152 Å². The van der Waals surface area contributed by atoms with Crippen molar-refractivity contribution in [2.75, 3.05) is 33.2 Å². The normalized spacial score (nSPS) is 11.3. The van der Waals surface area contributed by atoms with E-state index >= 15 is 0 Å². The molecule has 126 valence electrons. The summed E-state index contributed by atoms with van der Waals surface area (Å²) in [6, 6.07) is 6.53. The van der Waals surface area contributed by atoms with Crippen molar-refractivity contribution in [3.63, 3.8) is 0 Å². The predicted octanol–water partition coefficient (Wildman–Crippen LogP) is 2.93. The maximum Gasteiger partial charge on any atom is 0.191 e. The Balaban J connectivity index is 0.00000441. The molecule has 0 saturated heterocycles. The number of guanidine groups is 1. The van der Waals surface area contributed by atoms with E-state index in [0.29, 0.717) is 6.54 Å². The molecule has 0 saturated carbocycles. The first-order valence-corrected chi connectivity index (χ1v) is 7.83. The van der Waals surface area contributed by atoms with Crippen LogP contribution in [0.2, 0.25) is 0 Å². The molecule has 2 N–H and O–H groups in total. The van der Waals surface area contributed by atoms with Gasteiger partial charge >= 0.3 is 0 Å². The molecule has 0 bridgehead atoms. The number of nitrogens with zero attached hydrogens (tertiary/aromatic N) is 2. The fraction of sp³-hybridized carbons (Fsp3) is 0.588. The topological polar surface area (TPSA) is 39.7 Å². The molecule has 1 rings (SSSR count). The minimum atomic E-state index is 0. The predicted molar refractivity (Wildman–Crippen MR) is 107 cm³/mol. The third kappa shape index (κ3) is 7.98. The van der Waals surface area contributed by atoms with Crippen molar-refractivity contribution >= 4 is 29.9 Å². The summed E-state index contributed by atoms with van der Waals surface area (Å²) in [4.78, 5) is 6.95. The Hall–Kier alpha value is -0.820. The van der Waals surface area contributed by atoms with Crippen LogP contribution in [0.3, 0.4) is 0 Å². The fourth-order valence-electron chi connectivity index (χ4n) is 2.05. The van der Waals surface area contributed by atoms with Crippen molar-refractivity contribution in [1.82, 2.24) is 15.5 Å². The van der Waals surface area contributed by atoms with Gasteiger partial charge in [0, 0.05) is 19.6 Å². The van der Waals surface area contributed by atoms with Crippen LogP contribution in [0.25, 0.3) is 0 Å². The van der Waals surface area contributed by atoms with Gasteiger partial charge in [0.15, 0.2) is 5.96 Å². The largest absolute Gasteiger partial charge is 0.357 e. The summed E-state index contributed by atoms with van der Waals surface area (Å²) in [6.45, 7) is 13.1. The van der Waals surface area contributed by atoms with E-state index in [1.165, 1.54) is 16.7 Å². The molecule has 0 aromatic heterocycles. The fourth-order valence-corrected chi connectivity index (χ4v) is 2.05. The van der Waals surface area contributed by atoms with Gasteiger partial charge in [0.1, 0.15) is 0 Å². The highest BCUT2D eigenvalue weighted by Crippen LogP contribution is 2.11. The zero-order chi connectivity index (χ0) is 15.7. The highest BCUT2D eigenvalue weighted by atomic mass is 127. The number of rotatable bonds is 7. The monoisotopic (exact) mass is 418 g/mol. The lowest BCUT2D eigenvalue weighted by Crippen LogP contribution is -2.40. The molecule has 0 unspecified atom stereocenters. The van der Waals surface area contributed by atoms with Crippen LogP contribution in [0.15, 0.2) is 23.2 Å². The highest BCUT2D eigenvalue weighted by molar-refractivity contribution is 14.0. The van der Waals surface area contributed by atoms with Gasteiger partial charge in [0.05, 0.1) is 6.54 Å². The zero-order valence-electron chi connectivity index (χ0n) is 14.6. The van der Waals surface area contributed by atoms with Crippen LogP contribution in [-0.2, 0) is 6.54 Å². The van der Waals surface area contributed by atoms with Crippen LogP contribution >= 0.6 is 24.0 Å². The molecule has 0 aliphatic carbocycles. The molecule has 4 nitrogen and oxygen atoms in total. The van der Waals surface area contributed by atoms with Crippen LogP contribution < -0.4 is 10.6 Å². The van der Waals surface area contributed by atoms with Crippen LogP contribution in [-0.4, -0.2) is 44.1 Å². The standard InChI is InChI=1S/C17H30N4.HI/c1-6-18-17(19-10-11-21(5)7-2)20-13-16-9-8-14(3)12-15(16)4;/h8-9,12H,6-7,10-11,13H2,1-5H3,(H2,18,19,20);1H. The maximum atomic E-state index is 4.67. The number of halogens is 1. The Morgan fingerprint density at radius 1 is 1.18 bits per heavy atom. The van der Waals surface area contributed by atoms with Gasteiger partial charge in [-0.25, -0.2) is 4.99 Å². The number of aryl methyl sites for hydroxylation is 2.